The Kier molecular flexibility index (Phi) is 4.15. The van der Waals surface area contributed by atoms with Crippen molar-refractivity contribution >= 4 is 16.5 Å². The van der Waals surface area contributed by atoms with Crippen molar-refractivity contribution in [2.45, 2.75) is 32.4 Å². The molecule has 2 N–H and O–H groups in total. The summed E-state index contributed by atoms with van der Waals surface area (Å²) in [4.78, 5) is 6.83. The lowest BCUT2D eigenvalue weighted by atomic mass is 10.1. The minimum atomic E-state index is 0.440. The van der Waals surface area contributed by atoms with Gasteiger partial charge in [-0.3, -0.25) is 0 Å². The molecule has 1 aromatic heterocycles. The molecule has 0 radical (unpaired) electrons. The Morgan fingerprint density at radius 3 is 2.88 bits per heavy atom. The number of ether oxygens (including phenoxy) is 1. The van der Waals surface area contributed by atoms with Crippen LogP contribution in [0.4, 0.5) is 5.13 Å². The SMILES string of the molecule is CCOC1CCN(c2nc(CN)cs2)CC1. The van der Waals surface area contributed by atoms with Crippen molar-refractivity contribution < 1.29 is 4.74 Å². The molecule has 1 saturated heterocycles. The van der Waals surface area contributed by atoms with Gasteiger partial charge in [0.1, 0.15) is 0 Å². The van der Waals surface area contributed by atoms with E-state index in [0.717, 1.165) is 43.4 Å². The van der Waals surface area contributed by atoms with E-state index in [4.69, 9.17) is 10.5 Å². The van der Waals surface area contributed by atoms with E-state index >= 15 is 0 Å². The van der Waals surface area contributed by atoms with E-state index in [1.165, 1.54) is 0 Å². The number of thiazole rings is 1. The standard InChI is InChI=1S/C11H19N3OS/c1-2-15-10-3-5-14(6-4-10)11-13-9(7-12)8-16-11/h8,10H,2-7,12H2,1H3. The molecule has 4 nitrogen and oxygen atoms in total. The summed E-state index contributed by atoms with van der Waals surface area (Å²) in [5.41, 5.74) is 6.55. The van der Waals surface area contributed by atoms with Crippen LogP contribution in [0.1, 0.15) is 25.5 Å². The van der Waals surface area contributed by atoms with Crippen molar-refractivity contribution in [3.05, 3.63) is 11.1 Å². The smallest absolute Gasteiger partial charge is 0.185 e. The van der Waals surface area contributed by atoms with Gasteiger partial charge in [-0.1, -0.05) is 0 Å². The molecule has 90 valence electrons. The molecule has 0 aromatic carbocycles. The molecule has 1 fully saturated rings. The van der Waals surface area contributed by atoms with Crippen LogP contribution in [0, 0.1) is 0 Å². The Morgan fingerprint density at radius 1 is 1.56 bits per heavy atom. The number of nitrogens with two attached hydrogens (primary N) is 1. The highest BCUT2D eigenvalue weighted by Gasteiger charge is 2.21. The van der Waals surface area contributed by atoms with E-state index in [1.807, 2.05) is 5.38 Å². The first-order chi connectivity index (χ1) is 7.83. The first-order valence-electron chi connectivity index (χ1n) is 5.84. The van der Waals surface area contributed by atoms with E-state index in [-0.39, 0.29) is 0 Å². The fourth-order valence-electron chi connectivity index (χ4n) is 1.98. The highest BCUT2D eigenvalue weighted by atomic mass is 32.1. The van der Waals surface area contributed by atoms with Crippen LogP contribution in [-0.2, 0) is 11.3 Å². The van der Waals surface area contributed by atoms with Crippen LogP contribution in [0.25, 0.3) is 0 Å². The summed E-state index contributed by atoms with van der Waals surface area (Å²) in [6.07, 6.45) is 2.65. The normalized spacial score (nSPS) is 18.0. The molecule has 16 heavy (non-hydrogen) atoms. The lowest BCUT2D eigenvalue weighted by molar-refractivity contribution is 0.0459. The third-order valence-electron chi connectivity index (χ3n) is 2.86. The van der Waals surface area contributed by atoms with Gasteiger partial charge in [0.05, 0.1) is 11.8 Å². The molecular weight excluding hydrogens is 222 g/mol. The van der Waals surface area contributed by atoms with Gasteiger partial charge in [0.15, 0.2) is 5.13 Å². The van der Waals surface area contributed by atoms with Crippen molar-refractivity contribution in [2.24, 2.45) is 5.73 Å². The van der Waals surface area contributed by atoms with Crippen LogP contribution in [0.3, 0.4) is 0 Å². The average Bonchev–Trinajstić information content (AvgIpc) is 2.79. The summed E-state index contributed by atoms with van der Waals surface area (Å²) < 4.78 is 5.63. The molecule has 5 heteroatoms. The Bertz CT molecular complexity index is 321. The van der Waals surface area contributed by atoms with E-state index < -0.39 is 0 Å². The minimum Gasteiger partial charge on any atom is -0.378 e. The van der Waals surface area contributed by atoms with Crippen molar-refractivity contribution in [3.8, 4) is 0 Å². The predicted molar refractivity (Wildman–Crippen MR) is 66.9 cm³/mol. The van der Waals surface area contributed by atoms with Gasteiger partial charge < -0.3 is 15.4 Å². The zero-order chi connectivity index (χ0) is 11.4. The van der Waals surface area contributed by atoms with Crippen LogP contribution in [-0.4, -0.2) is 30.8 Å². The van der Waals surface area contributed by atoms with Gasteiger partial charge in [-0.2, -0.15) is 0 Å². The van der Waals surface area contributed by atoms with Crippen LogP contribution < -0.4 is 10.6 Å². The van der Waals surface area contributed by atoms with Crippen molar-refractivity contribution in [3.63, 3.8) is 0 Å². The largest absolute Gasteiger partial charge is 0.378 e. The van der Waals surface area contributed by atoms with Gasteiger partial charge in [0, 0.05) is 31.6 Å². The second-order valence-corrected chi connectivity index (χ2v) is 4.80. The van der Waals surface area contributed by atoms with Crippen LogP contribution in [0.15, 0.2) is 5.38 Å². The second kappa shape index (κ2) is 5.61. The first kappa shape index (κ1) is 11.8. The molecule has 2 rings (SSSR count). The van der Waals surface area contributed by atoms with Gasteiger partial charge >= 0.3 is 0 Å². The zero-order valence-electron chi connectivity index (χ0n) is 9.69. The summed E-state index contributed by atoms with van der Waals surface area (Å²) in [5.74, 6) is 0. The molecule has 1 aromatic rings. The maximum atomic E-state index is 5.63. The average molecular weight is 241 g/mol. The zero-order valence-corrected chi connectivity index (χ0v) is 10.5. The maximum Gasteiger partial charge on any atom is 0.185 e. The first-order valence-corrected chi connectivity index (χ1v) is 6.72. The lowest BCUT2D eigenvalue weighted by Crippen LogP contribution is -2.37. The van der Waals surface area contributed by atoms with Gasteiger partial charge in [-0.25, -0.2) is 4.98 Å². The Labute approximate surface area is 100 Å². The summed E-state index contributed by atoms with van der Waals surface area (Å²) in [7, 11) is 0. The molecular formula is C11H19N3OS. The predicted octanol–water partition coefficient (Wildman–Crippen LogP) is 1.61. The number of anilines is 1. The fraction of sp³-hybridized carbons (Fsp3) is 0.727. The van der Waals surface area contributed by atoms with Gasteiger partial charge in [-0.05, 0) is 19.8 Å². The molecule has 0 atom stereocenters. The molecule has 2 heterocycles. The molecule has 0 unspecified atom stereocenters. The lowest BCUT2D eigenvalue weighted by Gasteiger charge is -2.31. The third-order valence-corrected chi connectivity index (χ3v) is 3.81. The highest BCUT2D eigenvalue weighted by molar-refractivity contribution is 7.13. The van der Waals surface area contributed by atoms with Gasteiger partial charge in [0.2, 0.25) is 0 Å². The van der Waals surface area contributed by atoms with Gasteiger partial charge in [0.25, 0.3) is 0 Å². The number of rotatable bonds is 4. The molecule has 0 bridgehead atoms. The van der Waals surface area contributed by atoms with Crippen LogP contribution >= 0.6 is 11.3 Å². The van der Waals surface area contributed by atoms with E-state index in [2.05, 4.69) is 16.8 Å². The third kappa shape index (κ3) is 2.72. The number of piperidine rings is 1. The number of hydrogen-bond donors (Lipinski definition) is 1. The summed E-state index contributed by atoms with van der Waals surface area (Å²) in [6, 6.07) is 0. The van der Waals surface area contributed by atoms with Crippen LogP contribution in [0.5, 0.6) is 0 Å². The second-order valence-electron chi connectivity index (χ2n) is 3.97. The molecule has 0 saturated carbocycles. The van der Waals surface area contributed by atoms with Crippen molar-refractivity contribution in [2.75, 3.05) is 24.6 Å². The van der Waals surface area contributed by atoms with E-state index in [1.54, 1.807) is 11.3 Å². The molecule has 1 aliphatic rings. The quantitative estimate of drug-likeness (QED) is 0.870. The topological polar surface area (TPSA) is 51.4 Å². The maximum absolute atomic E-state index is 5.63. The Balaban J connectivity index is 1.88. The Morgan fingerprint density at radius 2 is 2.31 bits per heavy atom. The fourth-order valence-corrected chi connectivity index (χ4v) is 2.88. The van der Waals surface area contributed by atoms with Crippen molar-refractivity contribution in [1.29, 1.82) is 0 Å². The van der Waals surface area contributed by atoms with Crippen LogP contribution in [0.2, 0.25) is 0 Å². The number of hydrogen-bond acceptors (Lipinski definition) is 5. The van der Waals surface area contributed by atoms with E-state index in [9.17, 15) is 0 Å². The molecule has 0 aliphatic carbocycles. The van der Waals surface area contributed by atoms with Crippen molar-refractivity contribution in [1.82, 2.24) is 4.98 Å². The summed E-state index contributed by atoms with van der Waals surface area (Å²) in [6.45, 7) is 5.50. The van der Waals surface area contributed by atoms with Gasteiger partial charge in [-0.15, -0.1) is 11.3 Å². The molecule has 0 spiro atoms. The monoisotopic (exact) mass is 241 g/mol. The number of aromatic nitrogens is 1. The minimum absolute atomic E-state index is 0.440. The summed E-state index contributed by atoms with van der Waals surface area (Å²) in [5, 5.41) is 3.15. The molecule has 0 amide bonds. The van der Waals surface area contributed by atoms with E-state index in [0.29, 0.717) is 12.6 Å². The molecule has 1 aliphatic heterocycles. The highest BCUT2D eigenvalue weighted by Crippen LogP contribution is 2.24. The number of nitrogens with zero attached hydrogens (tertiary/aromatic N) is 2. The Hall–Kier alpha value is -0.650. The summed E-state index contributed by atoms with van der Waals surface area (Å²) >= 11 is 1.69.